The third-order valence-electron chi connectivity index (χ3n) is 4.77. The number of aromatic nitrogens is 2. The predicted octanol–water partition coefficient (Wildman–Crippen LogP) is 5.12. The number of hydrogen-bond donors (Lipinski definition) is 1. The molecule has 0 radical (unpaired) electrons. The molecule has 1 aliphatic rings. The summed E-state index contributed by atoms with van der Waals surface area (Å²) in [4.78, 5) is 12.0. The zero-order valence-electron chi connectivity index (χ0n) is 15.1. The number of nitrogens with one attached hydrogen (secondary N) is 1. The van der Waals surface area contributed by atoms with Gasteiger partial charge in [-0.15, -0.1) is 0 Å². The lowest BCUT2D eigenvalue weighted by atomic mass is 10.0. The fraction of sp³-hybridized carbons (Fsp3) is 0.273. The van der Waals surface area contributed by atoms with Gasteiger partial charge >= 0.3 is 0 Å². The van der Waals surface area contributed by atoms with Crippen LogP contribution in [-0.4, -0.2) is 23.1 Å². The minimum Gasteiger partial charge on any atom is -0.340 e. The van der Waals surface area contributed by atoms with Crippen molar-refractivity contribution < 1.29 is 0 Å². The van der Waals surface area contributed by atoms with Crippen LogP contribution < -0.4 is 10.2 Å². The Balaban J connectivity index is 1.72. The Kier molecular flexibility index (Phi) is 4.82. The van der Waals surface area contributed by atoms with Gasteiger partial charge in [0.25, 0.3) is 0 Å². The van der Waals surface area contributed by atoms with Crippen LogP contribution in [0, 0.1) is 5.92 Å². The van der Waals surface area contributed by atoms with Crippen LogP contribution in [-0.2, 0) is 0 Å². The van der Waals surface area contributed by atoms with E-state index in [4.69, 9.17) is 9.97 Å². The molecule has 0 spiro atoms. The van der Waals surface area contributed by atoms with Gasteiger partial charge < -0.3 is 10.2 Å². The second kappa shape index (κ2) is 7.56. The summed E-state index contributed by atoms with van der Waals surface area (Å²) >= 11 is 0. The van der Waals surface area contributed by atoms with Crippen LogP contribution in [0.3, 0.4) is 0 Å². The Labute approximate surface area is 154 Å². The Morgan fingerprint density at radius 1 is 0.962 bits per heavy atom. The van der Waals surface area contributed by atoms with Gasteiger partial charge in [-0.25, -0.2) is 4.98 Å². The summed E-state index contributed by atoms with van der Waals surface area (Å²) in [7, 11) is 0. The van der Waals surface area contributed by atoms with E-state index in [9.17, 15) is 0 Å². The van der Waals surface area contributed by atoms with E-state index in [0.29, 0.717) is 5.92 Å². The zero-order chi connectivity index (χ0) is 17.8. The van der Waals surface area contributed by atoms with Gasteiger partial charge in [0.05, 0.1) is 5.69 Å². The molecule has 0 saturated carbocycles. The fourth-order valence-corrected chi connectivity index (χ4v) is 3.44. The molecular formula is C22H24N4. The van der Waals surface area contributed by atoms with Gasteiger partial charge in [0.1, 0.15) is 5.82 Å². The van der Waals surface area contributed by atoms with E-state index in [1.807, 2.05) is 54.6 Å². The molecule has 1 atom stereocenters. The number of anilines is 3. The highest BCUT2D eigenvalue weighted by Crippen LogP contribution is 2.27. The third-order valence-corrected chi connectivity index (χ3v) is 4.77. The average Bonchev–Trinajstić information content (AvgIpc) is 2.69. The highest BCUT2D eigenvalue weighted by molar-refractivity contribution is 5.67. The molecule has 0 aliphatic carbocycles. The highest BCUT2D eigenvalue weighted by atomic mass is 15.3. The Morgan fingerprint density at radius 3 is 2.42 bits per heavy atom. The van der Waals surface area contributed by atoms with Crippen molar-refractivity contribution in [3.05, 3.63) is 66.7 Å². The molecule has 132 valence electrons. The van der Waals surface area contributed by atoms with Gasteiger partial charge in [-0.2, -0.15) is 4.98 Å². The first kappa shape index (κ1) is 16.6. The highest BCUT2D eigenvalue weighted by Gasteiger charge is 2.20. The van der Waals surface area contributed by atoms with Gasteiger partial charge in [-0.3, -0.25) is 0 Å². The first-order chi connectivity index (χ1) is 12.8. The maximum Gasteiger partial charge on any atom is 0.227 e. The zero-order valence-corrected chi connectivity index (χ0v) is 15.1. The van der Waals surface area contributed by atoms with Crippen molar-refractivity contribution in [1.82, 2.24) is 9.97 Å². The van der Waals surface area contributed by atoms with E-state index < -0.39 is 0 Å². The molecule has 1 aliphatic heterocycles. The van der Waals surface area contributed by atoms with Crippen molar-refractivity contribution in [2.24, 2.45) is 5.92 Å². The molecule has 26 heavy (non-hydrogen) atoms. The number of para-hydroxylation sites is 1. The number of rotatable bonds is 4. The summed E-state index contributed by atoms with van der Waals surface area (Å²) in [5.41, 5.74) is 3.09. The lowest BCUT2D eigenvalue weighted by molar-refractivity contribution is 0.442. The van der Waals surface area contributed by atoms with Gasteiger partial charge in [0, 0.05) is 30.4 Å². The van der Waals surface area contributed by atoms with Crippen LogP contribution in [0.15, 0.2) is 66.7 Å². The smallest absolute Gasteiger partial charge is 0.227 e. The first-order valence-corrected chi connectivity index (χ1v) is 9.29. The summed E-state index contributed by atoms with van der Waals surface area (Å²) in [6, 6.07) is 22.5. The average molecular weight is 344 g/mol. The van der Waals surface area contributed by atoms with E-state index in [1.54, 1.807) is 0 Å². The summed E-state index contributed by atoms with van der Waals surface area (Å²) in [6.07, 6.45) is 2.48. The molecule has 1 aromatic heterocycles. The maximum absolute atomic E-state index is 4.88. The SMILES string of the molecule is CC1CCCN(c2nc(Nc3ccccc3)cc(-c3ccccc3)n2)C1. The second-order valence-electron chi connectivity index (χ2n) is 6.99. The molecule has 1 unspecified atom stereocenters. The van der Waals surface area contributed by atoms with Crippen LogP contribution in [0.25, 0.3) is 11.3 Å². The molecule has 0 bridgehead atoms. The summed E-state index contributed by atoms with van der Waals surface area (Å²) < 4.78 is 0. The third kappa shape index (κ3) is 3.85. The molecule has 1 fully saturated rings. The Bertz CT molecular complexity index is 849. The van der Waals surface area contributed by atoms with Crippen molar-refractivity contribution in [3.8, 4) is 11.3 Å². The van der Waals surface area contributed by atoms with E-state index in [1.165, 1.54) is 12.8 Å². The molecule has 1 N–H and O–H groups in total. The van der Waals surface area contributed by atoms with Gasteiger partial charge in [-0.1, -0.05) is 55.5 Å². The van der Waals surface area contributed by atoms with Gasteiger partial charge in [0.2, 0.25) is 5.95 Å². The van der Waals surface area contributed by atoms with Crippen molar-refractivity contribution >= 4 is 17.5 Å². The standard InChI is InChI=1S/C22H24N4/c1-17-9-8-14-26(16-17)22-24-20(18-10-4-2-5-11-18)15-21(25-22)23-19-12-6-3-7-13-19/h2-7,10-13,15,17H,8-9,14,16H2,1H3,(H,23,24,25). The molecule has 2 heterocycles. The molecule has 2 aromatic carbocycles. The van der Waals surface area contributed by atoms with Gasteiger partial charge in [-0.05, 0) is 30.9 Å². The van der Waals surface area contributed by atoms with E-state index in [2.05, 4.69) is 29.3 Å². The Hall–Kier alpha value is -2.88. The van der Waals surface area contributed by atoms with Crippen molar-refractivity contribution in [1.29, 1.82) is 0 Å². The Morgan fingerprint density at radius 2 is 1.69 bits per heavy atom. The molecule has 4 heteroatoms. The van der Waals surface area contributed by atoms with Crippen molar-refractivity contribution in [2.45, 2.75) is 19.8 Å². The summed E-state index contributed by atoms with van der Waals surface area (Å²) in [5, 5.41) is 3.43. The van der Waals surface area contributed by atoms with Crippen LogP contribution in [0.2, 0.25) is 0 Å². The largest absolute Gasteiger partial charge is 0.340 e. The van der Waals surface area contributed by atoms with E-state index >= 15 is 0 Å². The number of nitrogens with zero attached hydrogens (tertiary/aromatic N) is 3. The molecule has 4 nitrogen and oxygen atoms in total. The van der Waals surface area contributed by atoms with E-state index in [-0.39, 0.29) is 0 Å². The first-order valence-electron chi connectivity index (χ1n) is 9.29. The summed E-state index contributed by atoms with van der Waals surface area (Å²) in [6.45, 7) is 4.34. The van der Waals surface area contributed by atoms with Crippen LogP contribution in [0.1, 0.15) is 19.8 Å². The molecule has 1 saturated heterocycles. The fourth-order valence-electron chi connectivity index (χ4n) is 3.44. The summed E-state index contributed by atoms with van der Waals surface area (Å²) in [5.74, 6) is 2.33. The molecule has 4 rings (SSSR count). The number of piperidine rings is 1. The quantitative estimate of drug-likeness (QED) is 0.713. The van der Waals surface area contributed by atoms with Crippen molar-refractivity contribution in [3.63, 3.8) is 0 Å². The van der Waals surface area contributed by atoms with Crippen LogP contribution in [0.4, 0.5) is 17.5 Å². The van der Waals surface area contributed by atoms with Gasteiger partial charge in [0.15, 0.2) is 0 Å². The molecule has 3 aromatic rings. The lowest BCUT2D eigenvalue weighted by Gasteiger charge is -2.31. The van der Waals surface area contributed by atoms with Crippen molar-refractivity contribution in [2.75, 3.05) is 23.3 Å². The van der Waals surface area contributed by atoms with E-state index in [0.717, 1.165) is 41.8 Å². The predicted molar refractivity (Wildman–Crippen MR) is 108 cm³/mol. The minimum atomic E-state index is 0.679. The maximum atomic E-state index is 4.88. The van der Waals surface area contributed by atoms with Crippen LogP contribution in [0.5, 0.6) is 0 Å². The molecule has 0 amide bonds. The number of hydrogen-bond acceptors (Lipinski definition) is 4. The second-order valence-corrected chi connectivity index (χ2v) is 6.99. The topological polar surface area (TPSA) is 41.1 Å². The lowest BCUT2D eigenvalue weighted by Crippen LogP contribution is -2.35. The number of benzene rings is 2. The molecular weight excluding hydrogens is 320 g/mol. The van der Waals surface area contributed by atoms with Crippen LogP contribution >= 0.6 is 0 Å². The normalized spacial score (nSPS) is 17.1. The monoisotopic (exact) mass is 344 g/mol. The minimum absolute atomic E-state index is 0.679.